The predicted octanol–water partition coefficient (Wildman–Crippen LogP) is 9.22. The Balaban J connectivity index is 1.06. The molecule has 0 amide bonds. The fourth-order valence-corrected chi connectivity index (χ4v) is 13.1. The number of hydrogen-bond acceptors (Lipinski definition) is 7. The molecule has 8 heteroatoms. The van der Waals surface area contributed by atoms with Crippen LogP contribution in [0.5, 0.6) is 0 Å². The number of allylic oxidation sites excluding steroid dienone is 2. The first-order valence-corrected chi connectivity index (χ1v) is 19.7. The van der Waals surface area contributed by atoms with Gasteiger partial charge in [-0.2, -0.15) is 0 Å². The molecule has 0 spiro atoms. The number of carbonyl (C=O) groups excluding carboxylic acids is 3. The van der Waals surface area contributed by atoms with Gasteiger partial charge in [0.05, 0.1) is 11.3 Å². The van der Waals surface area contributed by atoms with E-state index in [1.807, 2.05) is 31.2 Å². The van der Waals surface area contributed by atoms with Crippen molar-refractivity contribution in [3.05, 3.63) is 46.3 Å². The third kappa shape index (κ3) is 4.90. The number of aldehydes is 1. The van der Waals surface area contributed by atoms with Gasteiger partial charge in [-0.1, -0.05) is 53.1 Å². The smallest absolute Gasteiger partial charge is 0.309 e. The molecule has 5 saturated carbocycles. The maximum Gasteiger partial charge on any atom is 0.309 e. The zero-order valence-electron chi connectivity index (χ0n) is 30.5. The van der Waals surface area contributed by atoms with E-state index in [1.54, 1.807) is 0 Å². The topological polar surface area (TPSA) is 99.4 Å². The van der Waals surface area contributed by atoms with Gasteiger partial charge >= 0.3 is 5.97 Å². The molecule has 0 saturated heterocycles. The summed E-state index contributed by atoms with van der Waals surface area (Å²) in [6, 6.07) is 7.47. The van der Waals surface area contributed by atoms with E-state index in [4.69, 9.17) is 20.8 Å². The van der Waals surface area contributed by atoms with Crippen LogP contribution in [0.1, 0.15) is 112 Å². The van der Waals surface area contributed by atoms with Gasteiger partial charge in [0.2, 0.25) is 11.8 Å². The van der Waals surface area contributed by atoms with Crippen LogP contribution in [0.2, 0.25) is 5.02 Å². The Morgan fingerprint density at radius 1 is 0.960 bits per heavy atom. The summed E-state index contributed by atoms with van der Waals surface area (Å²) in [5.41, 5.74) is 2.99. The number of carbonyl (C=O) groups is 3. The molecule has 6 aliphatic carbocycles. The van der Waals surface area contributed by atoms with E-state index in [0.717, 1.165) is 68.8 Å². The number of hydrogen-bond donors (Lipinski definition) is 0. The highest BCUT2D eigenvalue weighted by Gasteiger charge is 2.66. The molecule has 268 valence electrons. The average molecular weight is 701 g/mol. The third-order valence-corrected chi connectivity index (χ3v) is 15.9. The second-order valence-electron chi connectivity index (χ2n) is 18.0. The zero-order valence-corrected chi connectivity index (χ0v) is 31.3. The van der Waals surface area contributed by atoms with Crippen molar-refractivity contribution in [1.29, 1.82) is 0 Å². The number of aromatic nitrogens is 2. The molecular formula is C42H53ClN2O5. The second kappa shape index (κ2) is 12.1. The van der Waals surface area contributed by atoms with E-state index in [-0.39, 0.29) is 52.4 Å². The van der Waals surface area contributed by atoms with Crippen molar-refractivity contribution in [2.24, 2.45) is 64.1 Å². The third-order valence-electron chi connectivity index (χ3n) is 15.6. The minimum atomic E-state index is -0.528. The van der Waals surface area contributed by atoms with Crippen LogP contribution < -0.4 is 0 Å². The molecule has 5 fully saturated rings. The van der Waals surface area contributed by atoms with Crippen LogP contribution in [0.3, 0.4) is 0 Å². The molecule has 0 bridgehead atoms. The molecule has 12 unspecified atom stereocenters. The Bertz CT molecular complexity index is 1730. The van der Waals surface area contributed by atoms with Gasteiger partial charge in [-0.25, -0.2) is 0 Å². The summed E-state index contributed by atoms with van der Waals surface area (Å²) >= 11 is 6.16. The van der Waals surface area contributed by atoms with Gasteiger partial charge in [-0.15, -0.1) is 10.2 Å². The lowest BCUT2D eigenvalue weighted by molar-refractivity contribution is -0.195. The molecule has 0 N–H and O–H groups in total. The number of esters is 1. The van der Waals surface area contributed by atoms with E-state index in [9.17, 15) is 14.4 Å². The van der Waals surface area contributed by atoms with Crippen LogP contribution in [0.4, 0.5) is 0 Å². The Labute approximate surface area is 301 Å². The first-order chi connectivity index (χ1) is 23.8. The van der Waals surface area contributed by atoms with Crippen LogP contribution >= 0.6 is 11.6 Å². The van der Waals surface area contributed by atoms with Crippen molar-refractivity contribution >= 4 is 29.6 Å². The van der Waals surface area contributed by atoms with Crippen molar-refractivity contribution in [3.8, 4) is 11.5 Å². The van der Waals surface area contributed by atoms with E-state index in [1.165, 1.54) is 5.57 Å². The zero-order chi connectivity index (χ0) is 35.3. The Hall–Kier alpha value is -2.80. The van der Waals surface area contributed by atoms with Crippen LogP contribution in [0.15, 0.2) is 39.8 Å². The Morgan fingerprint density at radius 3 is 2.36 bits per heavy atom. The highest BCUT2D eigenvalue weighted by atomic mass is 35.5. The Kier molecular flexibility index (Phi) is 8.32. The number of halogens is 1. The molecule has 1 heterocycles. The van der Waals surface area contributed by atoms with Gasteiger partial charge in [-0.05, 0) is 145 Å². The second-order valence-corrected chi connectivity index (χ2v) is 18.4. The first-order valence-electron chi connectivity index (χ1n) is 19.4. The minimum Gasteiger partial charge on any atom is -0.462 e. The summed E-state index contributed by atoms with van der Waals surface area (Å²) < 4.78 is 12.8. The standard InChI is InChI=1S/C42H53ClN2O5/c1-22(2)35-32(47)20-42(39-45-44-37(50-39)25-7-9-27(43)10-8-25)18-14-31-28(36(35)42)11-12-34-40(5)17-15-33(24(4)30(40)13-16-41(31,34)6)49-38(48)29-19-26(21-46)23(29)3/h7-10,21-24,26,28-31,33-34H,11-20H2,1-6H3. The highest BCUT2D eigenvalue weighted by molar-refractivity contribution is 6.30. The molecule has 7 nitrogen and oxygen atoms in total. The quantitative estimate of drug-likeness (QED) is 0.219. The fraction of sp³-hybridized carbons (Fsp3) is 0.690. The van der Waals surface area contributed by atoms with Gasteiger partial charge in [0.25, 0.3) is 0 Å². The van der Waals surface area contributed by atoms with Crippen LogP contribution in [0.25, 0.3) is 11.5 Å². The number of Topliss-reactive ketones (excluding diaryl/α,β-unsaturated/α-hetero) is 1. The number of benzene rings is 1. The molecule has 0 radical (unpaired) electrons. The number of ketones is 1. The maximum atomic E-state index is 14.0. The van der Waals surface area contributed by atoms with Crippen molar-refractivity contribution in [2.45, 2.75) is 117 Å². The van der Waals surface area contributed by atoms with Gasteiger partial charge < -0.3 is 13.9 Å². The molecular weight excluding hydrogens is 648 g/mol. The van der Waals surface area contributed by atoms with Crippen LogP contribution in [-0.2, 0) is 24.5 Å². The van der Waals surface area contributed by atoms with E-state index >= 15 is 0 Å². The summed E-state index contributed by atoms with van der Waals surface area (Å²) in [6.07, 6.45) is 10.4. The lowest BCUT2D eigenvalue weighted by atomic mass is 9.38. The normalized spacial score (nSPS) is 42.2. The number of nitrogens with zero attached hydrogens (tertiary/aromatic N) is 2. The maximum absolute atomic E-state index is 14.0. The van der Waals surface area contributed by atoms with Crippen molar-refractivity contribution in [2.75, 3.05) is 0 Å². The minimum absolute atomic E-state index is 0.00991. The molecule has 1 aromatic carbocycles. The summed E-state index contributed by atoms with van der Waals surface area (Å²) in [4.78, 5) is 38.5. The van der Waals surface area contributed by atoms with Crippen molar-refractivity contribution in [1.82, 2.24) is 10.2 Å². The lowest BCUT2D eigenvalue weighted by Gasteiger charge is -2.67. The summed E-state index contributed by atoms with van der Waals surface area (Å²) in [7, 11) is 0. The van der Waals surface area contributed by atoms with Crippen molar-refractivity contribution in [3.63, 3.8) is 0 Å². The van der Waals surface area contributed by atoms with Crippen LogP contribution in [0, 0.1) is 64.1 Å². The largest absolute Gasteiger partial charge is 0.462 e. The van der Waals surface area contributed by atoms with Gasteiger partial charge in [0.15, 0.2) is 5.78 Å². The molecule has 12 atom stereocenters. The van der Waals surface area contributed by atoms with Crippen molar-refractivity contribution < 1.29 is 23.5 Å². The Morgan fingerprint density at radius 2 is 1.66 bits per heavy atom. The molecule has 2 aromatic rings. The number of rotatable bonds is 6. The first kappa shape index (κ1) is 34.3. The van der Waals surface area contributed by atoms with Gasteiger partial charge in [-0.3, -0.25) is 9.59 Å². The van der Waals surface area contributed by atoms with E-state index in [2.05, 4.69) is 44.8 Å². The summed E-state index contributed by atoms with van der Waals surface area (Å²) in [5, 5.41) is 9.84. The highest BCUT2D eigenvalue weighted by Crippen LogP contribution is 2.72. The number of fused-ring (bicyclic) bond motifs is 7. The predicted molar refractivity (Wildman–Crippen MR) is 191 cm³/mol. The SMILES string of the molecule is CC(C)C1=C2C3CCC4C(C)(CCC5C(C)C(OC(=O)C6CC(C=O)C6C)CCC54C)C3CCC2(c2nnc(-c3ccc(Cl)cc3)o2)CC1=O. The van der Waals surface area contributed by atoms with E-state index in [0.29, 0.717) is 59.2 Å². The molecule has 8 rings (SSSR count). The fourth-order valence-electron chi connectivity index (χ4n) is 13.0. The lowest BCUT2D eigenvalue weighted by Crippen LogP contribution is -2.61. The average Bonchev–Trinajstić information content (AvgIpc) is 3.69. The monoisotopic (exact) mass is 700 g/mol. The molecule has 50 heavy (non-hydrogen) atoms. The van der Waals surface area contributed by atoms with Crippen LogP contribution in [-0.4, -0.2) is 34.3 Å². The molecule has 0 aliphatic heterocycles. The van der Waals surface area contributed by atoms with E-state index < -0.39 is 5.41 Å². The molecule has 6 aliphatic rings. The summed E-state index contributed by atoms with van der Waals surface area (Å²) in [5.74, 6) is 3.54. The number of ether oxygens (including phenoxy) is 1. The van der Waals surface area contributed by atoms with Gasteiger partial charge in [0, 0.05) is 22.9 Å². The molecule has 1 aromatic heterocycles. The van der Waals surface area contributed by atoms with Gasteiger partial charge in [0.1, 0.15) is 12.4 Å². The summed E-state index contributed by atoms with van der Waals surface area (Å²) in [6.45, 7) is 13.8.